The molecule has 104 valence electrons. The number of carboxylic acids is 1. The highest BCUT2D eigenvalue weighted by Crippen LogP contribution is 2.28. The van der Waals surface area contributed by atoms with E-state index in [-0.39, 0.29) is 12.3 Å². The molecule has 2 N–H and O–H groups in total. The summed E-state index contributed by atoms with van der Waals surface area (Å²) < 4.78 is 0. The van der Waals surface area contributed by atoms with Crippen molar-refractivity contribution in [1.29, 1.82) is 0 Å². The summed E-state index contributed by atoms with van der Waals surface area (Å²) >= 11 is 0. The van der Waals surface area contributed by atoms with E-state index in [2.05, 4.69) is 5.32 Å². The van der Waals surface area contributed by atoms with Gasteiger partial charge in [-0.05, 0) is 32.6 Å². The molecule has 0 unspecified atom stereocenters. The van der Waals surface area contributed by atoms with Gasteiger partial charge in [0.2, 0.25) is 5.91 Å². The molecule has 0 aromatic heterocycles. The Kier molecular flexibility index (Phi) is 5.63. The first-order valence-corrected chi connectivity index (χ1v) is 6.92. The zero-order chi connectivity index (χ0) is 13.6. The first-order chi connectivity index (χ1) is 8.42. The lowest BCUT2D eigenvalue weighted by Gasteiger charge is -2.18. The third-order valence-corrected chi connectivity index (χ3v) is 3.77. The van der Waals surface area contributed by atoms with E-state index in [1.807, 2.05) is 0 Å². The summed E-state index contributed by atoms with van der Waals surface area (Å²) in [4.78, 5) is 22.5. The standard InChI is InChI=1S/C14H25NO3/c1-14(2,13(17)18)10-12(16)15-9-5-8-11-6-3-4-7-11/h11H,3-10H2,1-2H3,(H,15,16)(H,17,18). The molecule has 0 saturated heterocycles. The van der Waals surface area contributed by atoms with Crippen LogP contribution in [0.15, 0.2) is 0 Å². The predicted molar refractivity (Wildman–Crippen MR) is 70.2 cm³/mol. The van der Waals surface area contributed by atoms with Crippen LogP contribution in [0, 0.1) is 11.3 Å². The largest absolute Gasteiger partial charge is 0.481 e. The number of aliphatic carboxylic acids is 1. The average Bonchev–Trinajstić information content (AvgIpc) is 2.76. The monoisotopic (exact) mass is 255 g/mol. The van der Waals surface area contributed by atoms with Gasteiger partial charge >= 0.3 is 5.97 Å². The van der Waals surface area contributed by atoms with Crippen LogP contribution in [0.25, 0.3) is 0 Å². The van der Waals surface area contributed by atoms with Gasteiger partial charge in [0.25, 0.3) is 0 Å². The minimum absolute atomic E-state index is 0.0474. The van der Waals surface area contributed by atoms with Crippen LogP contribution in [0.1, 0.15) is 58.8 Å². The Morgan fingerprint density at radius 2 is 1.89 bits per heavy atom. The molecule has 0 aromatic rings. The third kappa shape index (κ3) is 5.07. The van der Waals surface area contributed by atoms with Crippen LogP contribution in [0.4, 0.5) is 0 Å². The van der Waals surface area contributed by atoms with E-state index < -0.39 is 11.4 Å². The Balaban J connectivity index is 2.11. The maximum atomic E-state index is 11.6. The van der Waals surface area contributed by atoms with Crippen molar-refractivity contribution in [3.05, 3.63) is 0 Å². The Bertz CT molecular complexity index is 293. The van der Waals surface area contributed by atoms with Crippen molar-refractivity contribution in [2.75, 3.05) is 6.54 Å². The van der Waals surface area contributed by atoms with Crippen LogP contribution in [-0.2, 0) is 9.59 Å². The number of hydrogen-bond donors (Lipinski definition) is 2. The molecule has 0 aromatic carbocycles. The predicted octanol–water partition coefficient (Wildman–Crippen LogP) is 2.57. The average molecular weight is 255 g/mol. The molecule has 0 heterocycles. The zero-order valence-corrected chi connectivity index (χ0v) is 11.5. The van der Waals surface area contributed by atoms with Crippen LogP contribution < -0.4 is 5.32 Å². The summed E-state index contributed by atoms with van der Waals surface area (Å²) in [7, 11) is 0. The van der Waals surface area contributed by atoms with Crippen molar-refractivity contribution in [2.45, 2.75) is 58.8 Å². The number of carbonyl (C=O) groups is 2. The third-order valence-electron chi connectivity index (χ3n) is 3.77. The molecule has 0 atom stereocenters. The smallest absolute Gasteiger partial charge is 0.309 e. The molecule has 0 aliphatic heterocycles. The minimum atomic E-state index is -0.977. The summed E-state index contributed by atoms with van der Waals surface area (Å²) in [6.45, 7) is 3.83. The van der Waals surface area contributed by atoms with Crippen LogP contribution in [0.3, 0.4) is 0 Å². The van der Waals surface area contributed by atoms with E-state index in [1.54, 1.807) is 13.8 Å². The summed E-state index contributed by atoms with van der Waals surface area (Å²) in [5, 5.41) is 11.7. The van der Waals surface area contributed by atoms with Gasteiger partial charge < -0.3 is 10.4 Å². The number of rotatable bonds is 7. The van der Waals surface area contributed by atoms with Gasteiger partial charge in [0.1, 0.15) is 0 Å². The molecule has 0 spiro atoms. The van der Waals surface area contributed by atoms with Gasteiger partial charge in [0, 0.05) is 13.0 Å². The number of carbonyl (C=O) groups excluding carboxylic acids is 1. The van der Waals surface area contributed by atoms with Gasteiger partial charge in [-0.15, -0.1) is 0 Å². The maximum absolute atomic E-state index is 11.6. The Hall–Kier alpha value is -1.06. The fraction of sp³-hybridized carbons (Fsp3) is 0.857. The molecular weight excluding hydrogens is 230 g/mol. The highest BCUT2D eigenvalue weighted by atomic mass is 16.4. The van der Waals surface area contributed by atoms with E-state index in [0.29, 0.717) is 6.54 Å². The molecular formula is C14H25NO3. The van der Waals surface area contributed by atoms with Crippen molar-refractivity contribution in [3.8, 4) is 0 Å². The topological polar surface area (TPSA) is 66.4 Å². The van der Waals surface area contributed by atoms with Crippen LogP contribution in [0.2, 0.25) is 0 Å². The van der Waals surface area contributed by atoms with Crippen molar-refractivity contribution in [3.63, 3.8) is 0 Å². The van der Waals surface area contributed by atoms with E-state index in [0.717, 1.165) is 12.3 Å². The van der Waals surface area contributed by atoms with Gasteiger partial charge in [-0.1, -0.05) is 25.7 Å². The Morgan fingerprint density at radius 3 is 2.44 bits per heavy atom. The normalized spacial score (nSPS) is 16.8. The highest BCUT2D eigenvalue weighted by molar-refractivity contribution is 5.84. The van der Waals surface area contributed by atoms with Gasteiger partial charge in [-0.25, -0.2) is 0 Å². The summed E-state index contributed by atoms with van der Waals surface area (Å²) in [6, 6.07) is 0. The molecule has 18 heavy (non-hydrogen) atoms. The lowest BCUT2D eigenvalue weighted by Crippen LogP contribution is -2.33. The van der Waals surface area contributed by atoms with E-state index in [9.17, 15) is 9.59 Å². The Morgan fingerprint density at radius 1 is 1.28 bits per heavy atom. The summed E-state index contributed by atoms with van der Waals surface area (Å²) in [5.74, 6) is -0.241. The number of hydrogen-bond acceptors (Lipinski definition) is 2. The van der Waals surface area contributed by atoms with E-state index in [1.165, 1.54) is 32.1 Å². The zero-order valence-electron chi connectivity index (χ0n) is 11.5. The fourth-order valence-electron chi connectivity index (χ4n) is 2.46. The quantitative estimate of drug-likeness (QED) is 0.687. The molecule has 0 bridgehead atoms. The lowest BCUT2D eigenvalue weighted by molar-refractivity contribution is -0.149. The molecule has 1 fully saturated rings. The lowest BCUT2D eigenvalue weighted by atomic mass is 9.89. The molecule has 0 radical (unpaired) electrons. The SMILES string of the molecule is CC(C)(CC(=O)NCCCC1CCCC1)C(=O)O. The van der Waals surface area contributed by atoms with Crippen LogP contribution in [-0.4, -0.2) is 23.5 Å². The molecule has 1 saturated carbocycles. The van der Waals surface area contributed by atoms with Crippen LogP contribution >= 0.6 is 0 Å². The van der Waals surface area contributed by atoms with Crippen molar-refractivity contribution in [2.24, 2.45) is 11.3 Å². The van der Waals surface area contributed by atoms with Gasteiger partial charge in [0.15, 0.2) is 0 Å². The van der Waals surface area contributed by atoms with E-state index in [4.69, 9.17) is 5.11 Å². The van der Waals surface area contributed by atoms with Gasteiger partial charge in [-0.3, -0.25) is 9.59 Å². The fourth-order valence-corrected chi connectivity index (χ4v) is 2.46. The second-order valence-corrected chi connectivity index (χ2v) is 6.01. The Labute approximate surface area is 109 Å². The van der Waals surface area contributed by atoms with Gasteiger partial charge in [0.05, 0.1) is 5.41 Å². The maximum Gasteiger partial charge on any atom is 0.309 e. The van der Waals surface area contributed by atoms with Crippen molar-refractivity contribution >= 4 is 11.9 Å². The second-order valence-electron chi connectivity index (χ2n) is 6.01. The highest BCUT2D eigenvalue weighted by Gasteiger charge is 2.29. The molecule has 1 rings (SSSR count). The summed E-state index contributed by atoms with van der Waals surface area (Å²) in [6.07, 6.45) is 7.60. The first kappa shape index (κ1) is 15.0. The van der Waals surface area contributed by atoms with Gasteiger partial charge in [-0.2, -0.15) is 0 Å². The molecule has 4 heteroatoms. The summed E-state index contributed by atoms with van der Waals surface area (Å²) in [5.41, 5.74) is -0.977. The molecule has 1 aliphatic carbocycles. The first-order valence-electron chi connectivity index (χ1n) is 6.92. The number of amides is 1. The number of carboxylic acid groups (broad SMARTS) is 1. The van der Waals surface area contributed by atoms with E-state index >= 15 is 0 Å². The van der Waals surface area contributed by atoms with Crippen molar-refractivity contribution in [1.82, 2.24) is 5.32 Å². The molecule has 1 amide bonds. The second kappa shape index (κ2) is 6.76. The molecule has 1 aliphatic rings. The molecule has 4 nitrogen and oxygen atoms in total. The van der Waals surface area contributed by atoms with Crippen molar-refractivity contribution < 1.29 is 14.7 Å². The minimum Gasteiger partial charge on any atom is -0.481 e. The number of nitrogens with one attached hydrogen (secondary N) is 1. The van der Waals surface area contributed by atoms with Crippen LogP contribution in [0.5, 0.6) is 0 Å².